The zero-order valence-corrected chi connectivity index (χ0v) is 6.55. The molecular weight excluding hydrogens is 167 g/mol. The van der Waals surface area contributed by atoms with Gasteiger partial charge in [0.15, 0.2) is 5.76 Å². The summed E-state index contributed by atoms with van der Waals surface area (Å²) in [6, 6.07) is 0. The normalized spacial score (nSPS) is 15.7. The number of allylic oxidation sites excluding steroid dienone is 3. The molecule has 11 heavy (non-hydrogen) atoms. The number of hydrogen-bond acceptors (Lipinski definition) is 2. The first kappa shape index (κ1) is 11.7. The molecule has 0 fully saturated rings. The number of hydrogen-bond donors (Lipinski definition) is 0. The summed E-state index contributed by atoms with van der Waals surface area (Å²) < 4.78 is 0. The summed E-state index contributed by atoms with van der Waals surface area (Å²) in [6.07, 6.45) is 5.24. The molecule has 0 saturated heterocycles. The van der Waals surface area contributed by atoms with E-state index < -0.39 is 0 Å². The van der Waals surface area contributed by atoms with Crippen molar-refractivity contribution in [2.45, 2.75) is 20.8 Å². The van der Waals surface area contributed by atoms with Crippen molar-refractivity contribution in [3.05, 3.63) is 24.2 Å². The SMILES string of the molecule is CC(C)(C)C1=CC=COO1.[KH]. The molecule has 0 radical (unpaired) electrons. The Labute approximate surface area is 110 Å². The summed E-state index contributed by atoms with van der Waals surface area (Å²) in [6.45, 7) is 6.21. The first-order valence-electron chi connectivity index (χ1n) is 3.31. The Morgan fingerprint density at radius 2 is 1.91 bits per heavy atom. The third-order valence-electron chi connectivity index (χ3n) is 1.26. The topological polar surface area (TPSA) is 18.5 Å². The fraction of sp³-hybridized carbons (Fsp3) is 0.500. The van der Waals surface area contributed by atoms with E-state index in [4.69, 9.17) is 4.89 Å². The van der Waals surface area contributed by atoms with Crippen LogP contribution in [0.2, 0.25) is 0 Å². The average Bonchev–Trinajstić information content (AvgIpc) is 1.88. The summed E-state index contributed by atoms with van der Waals surface area (Å²) in [5, 5.41) is 0. The summed E-state index contributed by atoms with van der Waals surface area (Å²) >= 11 is 0. The number of rotatable bonds is 0. The van der Waals surface area contributed by atoms with Crippen LogP contribution in [0.4, 0.5) is 0 Å². The Hall–Kier alpha value is 0.716. The van der Waals surface area contributed by atoms with E-state index in [1.807, 2.05) is 12.2 Å². The van der Waals surface area contributed by atoms with E-state index in [1.165, 1.54) is 6.26 Å². The van der Waals surface area contributed by atoms with Gasteiger partial charge in [0.2, 0.25) is 0 Å². The van der Waals surface area contributed by atoms with Crippen LogP contribution in [0.25, 0.3) is 0 Å². The van der Waals surface area contributed by atoms with Crippen molar-refractivity contribution in [3.8, 4) is 0 Å². The van der Waals surface area contributed by atoms with Gasteiger partial charge in [0.1, 0.15) is 6.26 Å². The second-order valence-electron chi connectivity index (χ2n) is 3.29. The Morgan fingerprint density at radius 3 is 2.18 bits per heavy atom. The molecule has 1 heterocycles. The first-order valence-corrected chi connectivity index (χ1v) is 3.31. The van der Waals surface area contributed by atoms with Gasteiger partial charge in [-0.1, -0.05) is 20.8 Å². The van der Waals surface area contributed by atoms with Crippen LogP contribution in [0.5, 0.6) is 0 Å². The molecule has 0 bridgehead atoms. The van der Waals surface area contributed by atoms with Gasteiger partial charge in [-0.2, -0.15) is 0 Å². The van der Waals surface area contributed by atoms with Crippen molar-refractivity contribution in [3.63, 3.8) is 0 Å². The Bertz CT molecular complexity index is 177. The van der Waals surface area contributed by atoms with E-state index in [1.54, 1.807) is 0 Å². The van der Waals surface area contributed by atoms with E-state index in [-0.39, 0.29) is 56.8 Å². The second kappa shape index (κ2) is 4.67. The average molecular weight is 180 g/mol. The van der Waals surface area contributed by atoms with Crippen molar-refractivity contribution in [2.24, 2.45) is 5.41 Å². The molecule has 0 aromatic heterocycles. The summed E-state index contributed by atoms with van der Waals surface area (Å²) in [5.41, 5.74) is 0.0325. The molecular formula is C8H13KO2. The third-order valence-corrected chi connectivity index (χ3v) is 1.26. The summed E-state index contributed by atoms with van der Waals surface area (Å²) in [7, 11) is 0. The van der Waals surface area contributed by atoms with E-state index in [0.29, 0.717) is 0 Å². The van der Waals surface area contributed by atoms with Crippen LogP contribution in [0.15, 0.2) is 24.2 Å². The van der Waals surface area contributed by atoms with Crippen molar-refractivity contribution < 1.29 is 9.78 Å². The molecule has 58 valence electrons. The molecule has 0 saturated carbocycles. The van der Waals surface area contributed by atoms with Crippen LogP contribution in [-0.4, -0.2) is 51.4 Å². The molecule has 0 aromatic rings. The van der Waals surface area contributed by atoms with Gasteiger partial charge < -0.3 is 0 Å². The first-order chi connectivity index (χ1) is 4.61. The molecule has 0 aliphatic carbocycles. The standard InChI is InChI=1S/C8H12O2.K.H/c1-8(2,3)7-5-4-6-9-10-7;;/h4-6H,1-3H3;;. The van der Waals surface area contributed by atoms with E-state index in [9.17, 15) is 0 Å². The van der Waals surface area contributed by atoms with Crippen LogP contribution in [-0.2, 0) is 9.78 Å². The van der Waals surface area contributed by atoms with Crippen molar-refractivity contribution in [1.29, 1.82) is 0 Å². The monoisotopic (exact) mass is 180 g/mol. The van der Waals surface area contributed by atoms with E-state index in [0.717, 1.165) is 5.76 Å². The summed E-state index contributed by atoms with van der Waals surface area (Å²) in [5.74, 6) is 0.856. The molecule has 1 aliphatic rings. The van der Waals surface area contributed by atoms with Gasteiger partial charge in [-0.25, -0.2) is 0 Å². The Morgan fingerprint density at radius 1 is 1.27 bits per heavy atom. The van der Waals surface area contributed by atoms with Gasteiger partial charge in [0.25, 0.3) is 0 Å². The predicted molar refractivity (Wildman–Crippen MR) is 46.0 cm³/mol. The van der Waals surface area contributed by atoms with Crippen molar-refractivity contribution >= 4 is 51.4 Å². The van der Waals surface area contributed by atoms with Gasteiger partial charge in [-0.15, -0.1) is 0 Å². The molecule has 3 heteroatoms. The van der Waals surface area contributed by atoms with Crippen molar-refractivity contribution in [2.75, 3.05) is 0 Å². The van der Waals surface area contributed by atoms with Gasteiger partial charge in [-0.05, 0) is 12.2 Å². The van der Waals surface area contributed by atoms with Crippen LogP contribution in [0.3, 0.4) is 0 Å². The zero-order chi connectivity index (χ0) is 7.61. The quantitative estimate of drug-likeness (QED) is 0.417. The van der Waals surface area contributed by atoms with E-state index >= 15 is 0 Å². The van der Waals surface area contributed by atoms with Gasteiger partial charge in [0, 0.05) is 5.41 Å². The Kier molecular flexibility index (Phi) is 4.98. The van der Waals surface area contributed by atoms with Crippen LogP contribution in [0.1, 0.15) is 20.8 Å². The third kappa shape index (κ3) is 3.76. The molecule has 0 amide bonds. The van der Waals surface area contributed by atoms with Crippen LogP contribution >= 0.6 is 0 Å². The zero-order valence-electron chi connectivity index (χ0n) is 6.55. The van der Waals surface area contributed by atoms with Crippen molar-refractivity contribution in [1.82, 2.24) is 0 Å². The maximum absolute atomic E-state index is 4.92. The van der Waals surface area contributed by atoms with Gasteiger partial charge in [0.05, 0.1) is 0 Å². The maximum atomic E-state index is 4.92. The molecule has 0 atom stereocenters. The van der Waals surface area contributed by atoms with Crippen LogP contribution < -0.4 is 0 Å². The van der Waals surface area contributed by atoms with Gasteiger partial charge >= 0.3 is 51.4 Å². The molecule has 0 unspecified atom stereocenters. The molecule has 2 nitrogen and oxygen atoms in total. The second-order valence-corrected chi connectivity index (χ2v) is 3.29. The molecule has 0 spiro atoms. The molecule has 1 aliphatic heterocycles. The molecule has 0 N–H and O–H groups in total. The summed E-state index contributed by atoms with van der Waals surface area (Å²) in [4.78, 5) is 9.58. The minimum atomic E-state index is 0. The van der Waals surface area contributed by atoms with Crippen LogP contribution in [0, 0.1) is 5.41 Å². The molecule has 0 aromatic carbocycles. The predicted octanol–water partition coefficient (Wildman–Crippen LogP) is 1.74. The fourth-order valence-electron chi connectivity index (χ4n) is 0.641. The minimum absolute atomic E-state index is 0. The Balaban J connectivity index is 0.000001000. The molecule has 1 rings (SSSR count). The van der Waals surface area contributed by atoms with Gasteiger partial charge in [-0.3, -0.25) is 9.78 Å². The van der Waals surface area contributed by atoms with E-state index in [2.05, 4.69) is 25.7 Å². The fourth-order valence-corrected chi connectivity index (χ4v) is 0.641.